The molecule has 0 saturated heterocycles. The lowest BCUT2D eigenvalue weighted by Gasteiger charge is -2.23. The van der Waals surface area contributed by atoms with Crippen LogP contribution in [-0.2, 0) is 0 Å². The van der Waals surface area contributed by atoms with Crippen LogP contribution in [0.4, 0.5) is 0 Å². The van der Waals surface area contributed by atoms with Crippen molar-refractivity contribution in [2.24, 2.45) is 0 Å². The minimum Gasteiger partial charge on any atom is -0.489 e. The van der Waals surface area contributed by atoms with Crippen molar-refractivity contribution in [1.82, 2.24) is 4.90 Å². The molecule has 20 heavy (non-hydrogen) atoms. The Bertz CT molecular complexity index is 400. The molecule has 1 aromatic rings. The molecule has 1 unspecified atom stereocenters. The van der Waals surface area contributed by atoms with Crippen LogP contribution < -0.4 is 4.74 Å². The number of aliphatic hydroxyl groups is 3. The minimum atomic E-state index is -0.750. The molecule has 0 fully saturated rings. The number of benzene rings is 1. The van der Waals surface area contributed by atoms with E-state index in [1.165, 1.54) is 0 Å². The molecule has 0 aliphatic carbocycles. The number of halogens is 2. The second-order valence-corrected chi connectivity index (χ2v) is 5.13. The summed E-state index contributed by atoms with van der Waals surface area (Å²) in [5, 5.41) is 28.5. The van der Waals surface area contributed by atoms with E-state index in [1.54, 1.807) is 23.1 Å². The Morgan fingerprint density at radius 2 is 1.80 bits per heavy atom. The zero-order valence-electron chi connectivity index (χ0n) is 11.0. The first-order valence-corrected chi connectivity index (χ1v) is 7.02. The van der Waals surface area contributed by atoms with Gasteiger partial charge in [0, 0.05) is 24.7 Å². The summed E-state index contributed by atoms with van der Waals surface area (Å²) >= 11 is 11.7. The van der Waals surface area contributed by atoms with Crippen LogP contribution in [-0.4, -0.2) is 65.8 Å². The lowest BCUT2D eigenvalue weighted by Crippen LogP contribution is -2.38. The van der Waals surface area contributed by atoms with Gasteiger partial charge in [-0.3, -0.25) is 4.90 Å². The summed E-state index contributed by atoms with van der Waals surface area (Å²) in [4.78, 5) is 1.75. The molecule has 1 rings (SSSR count). The van der Waals surface area contributed by atoms with Crippen molar-refractivity contribution in [2.45, 2.75) is 6.10 Å². The zero-order valence-corrected chi connectivity index (χ0v) is 12.5. The predicted molar refractivity (Wildman–Crippen MR) is 78.6 cm³/mol. The Labute approximate surface area is 128 Å². The largest absolute Gasteiger partial charge is 0.489 e. The third-order valence-corrected chi connectivity index (χ3v) is 3.16. The molecule has 5 nitrogen and oxygen atoms in total. The highest BCUT2D eigenvalue weighted by molar-refractivity contribution is 6.35. The van der Waals surface area contributed by atoms with Crippen molar-refractivity contribution in [3.05, 3.63) is 28.2 Å². The predicted octanol–water partition coefficient (Wildman–Crippen LogP) is 1.02. The molecule has 1 atom stereocenters. The fraction of sp³-hybridized carbons (Fsp3) is 0.538. The summed E-state index contributed by atoms with van der Waals surface area (Å²) in [5.41, 5.74) is 0. The van der Waals surface area contributed by atoms with Gasteiger partial charge in [0.05, 0.1) is 18.2 Å². The van der Waals surface area contributed by atoms with Crippen LogP contribution in [0.2, 0.25) is 10.0 Å². The normalized spacial score (nSPS) is 12.7. The van der Waals surface area contributed by atoms with Gasteiger partial charge in [-0.25, -0.2) is 0 Å². The van der Waals surface area contributed by atoms with E-state index in [0.29, 0.717) is 35.4 Å². The van der Waals surface area contributed by atoms with Gasteiger partial charge < -0.3 is 20.1 Å². The van der Waals surface area contributed by atoms with E-state index in [0.717, 1.165) is 0 Å². The molecule has 0 spiro atoms. The topological polar surface area (TPSA) is 73.2 Å². The molecular weight excluding hydrogens is 305 g/mol. The average molecular weight is 324 g/mol. The molecule has 3 N–H and O–H groups in total. The molecule has 0 aromatic heterocycles. The quantitative estimate of drug-likeness (QED) is 0.632. The highest BCUT2D eigenvalue weighted by atomic mass is 35.5. The maximum atomic E-state index is 9.88. The molecule has 0 radical (unpaired) electrons. The molecule has 7 heteroatoms. The summed E-state index contributed by atoms with van der Waals surface area (Å²) < 4.78 is 5.42. The second-order valence-electron chi connectivity index (χ2n) is 4.29. The Hall–Kier alpha value is -0.560. The van der Waals surface area contributed by atoms with Crippen LogP contribution in [0.25, 0.3) is 0 Å². The monoisotopic (exact) mass is 323 g/mol. The smallest absolute Gasteiger partial charge is 0.138 e. The lowest BCUT2D eigenvalue weighted by molar-refractivity contribution is 0.0552. The molecule has 0 aliphatic heterocycles. The summed E-state index contributed by atoms with van der Waals surface area (Å²) in [6.07, 6.45) is -0.750. The van der Waals surface area contributed by atoms with Gasteiger partial charge in [-0.1, -0.05) is 23.2 Å². The maximum absolute atomic E-state index is 9.88. The van der Waals surface area contributed by atoms with Crippen LogP contribution in [0.3, 0.4) is 0 Å². The van der Waals surface area contributed by atoms with Crippen molar-refractivity contribution in [2.75, 3.05) is 39.5 Å². The lowest BCUT2D eigenvalue weighted by atomic mass is 10.3. The van der Waals surface area contributed by atoms with E-state index in [1.807, 2.05) is 0 Å². The fourth-order valence-corrected chi connectivity index (χ4v) is 2.17. The van der Waals surface area contributed by atoms with Crippen molar-refractivity contribution >= 4 is 23.2 Å². The van der Waals surface area contributed by atoms with Crippen molar-refractivity contribution < 1.29 is 20.1 Å². The fourth-order valence-electron chi connectivity index (χ4n) is 1.71. The summed E-state index contributed by atoms with van der Waals surface area (Å²) in [7, 11) is 0. The number of hydrogen-bond acceptors (Lipinski definition) is 5. The molecule has 0 aliphatic rings. The Balaban J connectivity index is 2.43. The van der Waals surface area contributed by atoms with E-state index in [-0.39, 0.29) is 19.8 Å². The van der Waals surface area contributed by atoms with Gasteiger partial charge in [0.15, 0.2) is 0 Å². The van der Waals surface area contributed by atoms with Gasteiger partial charge in [-0.05, 0) is 18.2 Å². The highest BCUT2D eigenvalue weighted by Gasteiger charge is 2.12. The molecule has 114 valence electrons. The van der Waals surface area contributed by atoms with Crippen molar-refractivity contribution in [1.29, 1.82) is 0 Å². The first-order valence-electron chi connectivity index (χ1n) is 6.26. The Kier molecular flexibility index (Phi) is 8.21. The van der Waals surface area contributed by atoms with Gasteiger partial charge in [0.1, 0.15) is 18.5 Å². The van der Waals surface area contributed by atoms with Gasteiger partial charge in [-0.2, -0.15) is 0 Å². The molecular formula is C13H19Cl2NO4. The van der Waals surface area contributed by atoms with Crippen LogP contribution >= 0.6 is 23.2 Å². The molecule has 0 saturated carbocycles. The summed E-state index contributed by atoms with van der Waals surface area (Å²) in [6, 6.07) is 4.85. The number of hydrogen-bond donors (Lipinski definition) is 3. The van der Waals surface area contributed by atoms with Crippen molar-refractivity contribution in [3.63, 3.8) is 0 Å². The van der Waals surface area contributed by atoms with E-state index in [2.05, 4.69) is 0 Å². The third-order valence-electron chi connectivity index (χ3n) is 2.63. The van der Waals surface area contributed by atoms with E-state index in [4.69, 9.17) is 38.2 Å². The standard InChI is InChI=1S/C13H19Cl2NO4/c14-10-1-2-13(12(15)7-10)20-9-11(19)8-16(3-5-17)4-6-18/h1-2,7,11,17-19H,3-6,8-9H2. The van der Waals surface area contributed by atoms with Crippen molar-refractivity contribution in [3.8, 4) is 5.75 Å². The number of ether oxygens (including phenoxy) is 1. The number of rotatable bonds is 9. The molecule has 1 aromatic carbocycles. The minimum absolute atomic E-state index is 0.0312. The first-order chi connectivity index (χ1) is 9.56. The second kappa shape index (κ2) is 9.39. The molecule has 0 bridgehead atoms. The van der Waals surface area contributed by atoms with Crippen LogP contribution in [0.15, 0.2) is 18.2 Å². The first kappa shape index (κ1) is 17.5. The Morgan fingerprint density at radius 1 is 1.15 bits per heavy atom. The SMILES string of the molecule is OCCN(CCO)CC(O)COc1ccc(Cl)cc1Cl. The maximum Gasteiger partial charge on any atom is 0.138 e. The van der Waals surface area contributed by atoms with Crippen LogP contribution in [0.1, 0.15) is 0 Å². The van der Waals surface area contributed by atoms with Crippen LogP contribution in [0, 0.1) is 0 Å². The average Bonchev–Trinajstić information content (AvgIpc) is 2.38. The van der Waals surface area contributed by atoms with E-state index < -0.39 is 6.10 Å². The summed E-state index contributed by atoms with van der Waals surface area (Å²) in [6.45, 7) is 1.08. The van der Waals surface area contributed by atoms with Gasteiger partial charge >= 0.3 is 0 Å². The van der Waals surface area contributed by atoms with E-state index >= 15 is 0 Å². The number of nitrogens with zero attached hydrogens (tertiary/aromatic N) is 1. The van der Waals surface area contributed by atoms with Crippen LogP contribution in [0.5, 0.6) is 5.75 Å². The Morgan fingerprint density at radius 3 is 2.35 bits per heavy atom. The van der Waals surface area contributed by atoms with E-state index in [9.17, 15) is 5.11 Å². The summed E-state index contributed by atoms with van der Waals surface area (Å²) in [5.74, 6) is 0.450. The highest BCUT2D eigenvalue weighted by Crippen LogP contribution is 2.27. The van der Waals surface area contributed by atoms with Gasteiger partial charge in [0.25, 0.3) is 0 Å². The third kappa shape index (κ3) is 6.26. The van der Waals surface area contributed by atoms with Gasteiger partial charge in [-0.15, -0.1) is 0 Å². The van der Waals surface area contributed by atoms with Gasteiger partial charge in [0.2, 0.25) is 0 Å². The molecule has 0 heterocycles. The zero-order chi connectivity index (χ0) is 15.0. The number of aliphatic hydroxyl groups excluding tert-OH is 3. The molecule has 0 amide bonds.